The van der Waals surface area contributed by atoms with Crippen LogP contribution in [0, 0.1) is 11.3 Å². The molecule has 3 heteroatoms. The second-order valence-corrected chi connectivity index (χ2v) is 4.36. The van der Waals surface area contributed by atoms with E-state index in [1.165, 1.54) is 0 Å². The first-order valence-electron chi connectivity index (χ1n) is 4.16. The molecule has 72 valence electrons. The smallest absolute Gasteiger partial charge is 0.332 e. The number of aliphatic carboxylic acids is 1. The molecular weight excluding hydrogens is 156 g/mol. The van der Waals surface area contributed by atoms with Crippen molar-refractivity contribution < 1.29 is 15.0 Å². The Balaban J connectivity index is 4.01. The van der Waals surface area contributed by atoms with Crippen molar-refractivity contribution in [3.63, 3.8) is 0 Å². The fourth-order valence-electron chi connectivity index (χ4n) is 0.789. The van der Waals surface area contributed by atoms with E-state index in [2.05, 4.69) is 0 Å². The van der Waals surface area contributed by atoms with Crippen molar-refractivity contribution in [1.82, 2.24) is 0 Å². The van der Waals surface area contributed by atoms with Crippen LogP contribution in [0.3, 0.4) is 0 Å². The molecule has 0 aliphatic carbocycles. The lowest BCUT2D eigenvalue weighted by molar-refractivity contribution is -0.147. The van der Waals surface area contributed by atoms with E-state index in [4.69, 9.17) is 10.2 Å². The van der Waals surface area contributed by atoms with Gasteiger partial charge in [0.25, 0.3) is 0 Å². The summed E-state index contributed by atoms with van der Waals surface area (Å²) in [5, 5.41) is 17.5. The van der Waals surface area contributed by atoms with E-state index in [0.29, 0.717) is 6.42 Å². The van der Waals surface area contributed by atoms with Crippen molar-refractivity contribution >= 4 is 5.97 Å². The summed E-state index contributed by atoms with van der Waals surface area (Å²) < 4.78 is 0. The van der Waals surface area contributed by atoms with Gasteiger partial charge < -0.3 is 10.2 Å². The number of aliphatic hydroxyl groups excluding tert-OH is 1. The monoisotopic (exact) mass is 174 g/mol. The molecule has 0 aliphatic rings. The van der Waals surface area contributed by atoms with Crippen molar-refractivity contribution in [2.45, 2.75) is 40.2 Å². The van der Waals surface area contributed by atoms with Gasteiger partial charge >= 0.3 is 5.97 Å². The van der Waals surface area contributed by atoms with Crippen LogP contribution in [0.2, 0.25) is 0 Å². The molecule has 0 heterocycles. The van der Waals surface area contributed by atoms with Gasteiger partial charge in [0.1, 0.15) is 0 Å². The molecule has 12 heavy (non-hydrogen) atoms. The predicted molar refractivity (Wildman–Crippen MR) is 46.9 cm³/mol. The fraction of sp³-hybridized carbons (Fsp3) is 0.889. The Morgan fingerprint density at radius 3 is 2.08 bits per heavy atom. The molecule has 2 N–H and O–H groups in total. The Hall–Kier alpha value is -0.570. The van der Waals surface area contributed by atoms with Crippen LogP contribution in [-0.4, -0.2) is 22.3 Å². The standard InChI is InChI=1S/C9H18O3/c1-6(9(2,3)4)5-7(10)8(11)12/h6-7,10H,5H2,1-4H3,(H,11,12). The Labute approximate surface area is 73.4 Å². The molecule has 0 bridgehead atoms. The molecular formula is C9H18O3. The van der Waals surface area contributed by atoms with Gasteiger partial charge in [-0.2, -0.15) is 0 Å². The van der Waals surface area contributed by atoms with Crippen molar-refractivity contribution in [3.8, 4) is 0 Å². The highest BCUT2D eigenvalue weighted by atomic mass is 16.4. The normalized spacial score (nSPS) is 17.1. The Kier molecular flexibility index (Phi) is 3.71. The quantitative estimate of drug-likeness (QED) is 0.681. The van der Waals surface area contributed by atoms with Crippen molar-refractivity contribution in [1.29, 1.82) is 0 Å². The Bertz CT molecular complexity index is 158. The third-order valence-electron chi connectivity index (χ3n) is 2.34. The molecule has 0 amide bonds. The zero-order valence-electron chi connectivity index (χ0n) is 8.16. The third-order valence-corrected chi connectivity index (χ3v) is 2.34. The molecule has 0 spiro atoms. The number of hydrogen-bond donors (Lipinski definition) is 2. The lowest BCUT2D eigenvalue weighted by atomic mass is 9.79. The van der Waals surface area contributed by atoms with Crippen LogP contribution in [0.4, 0.5) is 0 Å². The minimum absolute atomic E-state index is 0.0520. The number of carboxylic acid groups (broad SMARTS) is 1. The minimum Gasteiger partial charge on any atom is -0.479 e. The molecule has 0 aromatic carbocycles. The highest BCUT2D eigenvalue weighted by Crippen LogP contribution is 2.28. The summed E-state index contributed by atoms with van der Waals surface area (Å²) in [5.41, 5.74) is 0.0520. The van der Waals surface area contributed by atoms with E-state index in [0.717, 1.165) is 0 Å². The topological polar surface area (TPSA) is 57.5 Å². The summed E-state index contributed by atoms with van der Waals surface area (Å²) in [5.74, 6) is -0.935. The molecule has 2 unspecified atom stereocenters. The first kappa shape index (κ1) is 11.4. The highest BCUT2D eigenvalue weighted by Gasteiger charge is 2.25. The summed E-state index contributed by atoms with van der Waals surface area (Å²) in [6.07, 6.45) is -0.905. The van der Waals surface area contributed by atoms with Crippen molar-refractivity contribution in [2.24, 2.45) is 11.3 Å². The molecule has 0 saturated heterocycles. The summed E-state index contributed by atoms with van der Waals surface area (Å²) in [4.78, 5) is 10.3. The SMILES string of the molecule is CC(CC(O)C(=O)O)C(C)(C)C. The number of hydrogen-bond acceptors (Lipinski definition) is 2. The maximum absolute atomic E-state index is 10.3. The van der Waals surface area contributed by atoms with Gasteiger partial charge in [0, 0.05) is 0 Å². The van der Waals surface area contributed by atoms with Gasteiger partial charge in [-0.1, -0.05) is 27.7 Å². The van der Waals surface area contributed by atoms with Crippen LogP contribution in [0.15, 0.2) is 0 Å². The molecule has 0 fully saturated rings. The van der Waals surface area contributed by atoms with Crippen LogP contribution in [-0.2, 0) is 4.79 Å². The third kappa shape index (κ3) is 3.72. The van der Waals surface area contributed by atoms with Gasteiger partial charge in [0.2, 0.25) is 0 Å². The predicted octanol–water partition coefficient (Wildman–Crippen LogP) is 1.50. The van der Waals surface area contributed by atoms with E-state index in [1.807, 2.05) is 27.7 Å². The van der Waals surface area contributed by atoms with Crippen LogP contribution in [0.25, 0.3) is 0 Å². The van der Waals surface area contributed by atoms with Gasteiger partial charge in [0.05, 0.1) is 0 Å². The average molecular weight is 174 g/mol. The molecule has 0 saturated carbocycles. The van der Waals surface area contributed by atoms with E-state index < -0.39 is 12.1 Å². The largest absolute Gasteiger partial charge is 0.479 e. The van der Waals surface area contributed by atoms with Crippen molar-refractivity contribution in [2.75, 3.05) is 0 Å². The van der Waals surface area contributed by atoms with Gasteiger partial charge in [0.15, 0.2) is 6.10 Å². The second-order valence-electron chi connectivity index (χ2n) is 4.36. The summed E-state index contributed by atoms with van der Waals surface area (Å²) in [6, 6.07) is 0. The zero-order valence-corrected chi connectivity index (χ0v) is 8.16. The first-order chi connectivity index (χ1) is 5.25. The van der Waals surface area contributed by atoms with Crippen LogP contribution >= 0.6 is 0 Å². The molecule has 2 atom stereocenters. The number of aliphatic hydroxyl groups is 1. The summed E-state index contributed by atoms with van der Waals surface area (Å²) >= 11 is 0. The fourth-order valence-corrected chi connectivity index (χ4v) is 0.789. The second kappa shape index (κ2) is 3.90. The number of carbonyl (C=O) groups is 1. The highest BCUT2D eigenvalue weighted by molar-refractivity contribution is 5.71. The van der Waals surface area contributed by atoms with Crippen molar-refractivity contribution in [3.05, 3.63) is 0 Å². The van der Waals surface area contributed by atoms with E-state index >= 15 is 0 Å². The first-order valence-corrected chi connectivity index (χ1v) is 4.16. The van der Waals surface area contributed by atoms with Crippen LogP contribution in [0.5, 0.6) is 0 Å². The Morgan fingerprint density at radius 2 is 1.83 bits per heavy atom. The van der Waals surface area contributed by atoms with Gasteiger partial charge in [-0.3, -0.25) is 0 Å². The maximum atomic E-state index is 10.3. The van der Waals surface area contributed by atoms with Crippen LogP contribution in [0.1, 0.15) is 34.1 Å². The lowest BCUT2D eigenvalue weighted by Gasteiger charge is -2.27. The molecule has 0 aromatic rings. The van der Waals surface area contributed by atoms with Gasteiger partial charge in [-0.15, -0.1) is 0 Å². The number of rotatable bonds is 3. The lowest BCUT2D eigenvalue weighted by Crippen LogP contribution is -2.27. The minimum atomic E-state index is -1.22. The average Bonchev–Trinajstić information content (AvgIpc) is 1.85. The summed E-state index contributed by atoms with van der Waals surface area (Å²) in [7, 11) is 0. The molecule has 0 radical (unpaired) electrons. The molecule has 0 aromatic heterocycles. The van der Waals surface area contributed by atoms with E-state index in [1.54, 1.807) is 0 Å². The van der Waals surface area contributed by atoms with E-state index in [-0.39, 0.29) is 11.3 Å². The van der Waals surface area contributed by atoms with Crippen LogP contribution < -0.4 is 0 Å². The van der Waals surface area contributed by atoms with Gasteiger partial charge in [-0.25, -0.2) is 4.79 Å². The number of carboxylic acids is 1. The Morgan fingerprint density at radius 1 is 1.42 bits per heavy atom. The van der Waals surface area contributed by atoms with Gasteiger partial charge in [-0.05, 0) is 17.8 Å². The maximum Gasteiger partial charge on any atom is 0.332 e. The molecule has 0 rings (SSSR count). The molecule has 3 nitrogen and oxygen atoms in total. The zero-order chi connectivity index (χ0) is 9.94. The molecule has 0 aliphatic heterocycles. The van der Waals surface area contributed by atoms with E-state index in [9.17, 15) is 4.79 Å². The summed E-state index contributed by atoms with van der Waals surface area (Å²) in [6.45, 7) is 8.05.